The molecule has 3 rings (SSSR count). The number of halogens is 2. The standard InChI is InChI=1S/C25H24Cl2N2O2S/c1-28-25(31)23(15-18-7-3-2-4-8-18)29(16-19-9-5-6-10-22(19)27)24(30)17-32-21-13-11-20(26)12-14-21/h2-14,23H,15-17H2,1H3,(H,28,31)/t23-/m0/s1. The molecule has 0 radical (unpaired) electrons. The van der Waals surface area contributed by atoms with Crippen LogP contribution in [0.3, 0.4) is 0 Å². The fourth-order valence-corrected chi connectivity index (χ4v) is 4.40. The lowest BCUT2D eigenvalue weighted by Gasteiger charge is -2.31. The Kier molecular flexibility index (Phi) is 9.03. The van der Waals surface area contributed by atoms with Crippen LogP contribution in [0.5, 0.6) is 0 Å². The van der Waals surface area contributed by atoms with E-state index in [-0.39, 0.29) is 24.1 Å². The van der Waals surface area contributed by atoms with Crippen LogP contribution in [0.25, 0.3) is 0 Å². The van der Waals surface area contributed by atoms with Gasteiger partial charge in [0.15, 0.2) is 0 Å². The van der Waals surface area contributed by atoms with E-state index in [0.717, 1.165) is 16.0 Å². The molecule has 7 heteroatoms. The van der Waals surface area contributed by atoms with Crippen molar-refractivity contribution in [3.05, 3.63) is 100 Å². The molecular formula is C25H24Cl2N2O2S. The molecule has 4 nitrogen and oxygen atoms in total. The minimum atomic E-state index is -0.669. The largest absolute Gasteiger partial charge is 0.357 e. The smallest absolute Gasteiger partial charge is 0.242 e. The lowest BCUT2D eigenvalue weighted by Crippen LogP contribution is -2.50. The molecule has 1 N–H and O–H groups in total. The normalized spacial score (nSPS) is 11.6. The van der Waals surface area contributed by atoms with Crippen LogP contribution in [-0.2, 0) is 22.6 Å². The van der Waals surface area contributed by atoms with Gasteiger partial charge in [0.25, 0.3) is 0 Å². The molecule has 3 aromatic carbocycles. The summed E-state index contributed by atoms with van der Waals surface area (Å²) in [6.45, 7) is 0.241. The second-order valence-electron chi connectivity index (χ2n) is 7.18. The first-order valence-electron chi connectivity index (χ1n) is 10.1. The van der Waals surface area contributed by atoms with Crippen LogP contribution in [0.1, 0.15) is 11.1 Å². The molecule has 0 aromatic heterocycles. The molecule has 0 aliphatic rings. The Morgan fingerprint density at radius 2 is 1.59 bits per heavy atom. The van der Waals surface area contributed by atoms with Crippen LogP contribution >= 0.6 is 35.0 Å². The van der Waals surface area contributed by atoms with Crippen LogP contribution in [0, 0.1) is 0 Å². The van der Waals surface area contributed by atoms with E-state index in [0.29, 0.717) is 16.5 Å². The first kappa shape index (κ1) is 24.2. The molecule has 32 heavy (non-hydrogen) atoms. The molecule has 0 saturated heterocycles. The third-order valence-corrected chi connectivity index (χ3v) is 6.61. The highest BCUT2D eigenvalue weighted by Crippen LogP contribution is 2.24. The number of benzene rings is 3. The number of hydrogen-bond acceptors (Lipinski definition) is 3. The van der Waals surface area contributed by atoms with E-state index in [1.807, 2.05) is 60.7 Å². The van der Waals surface area contributed by atoms with Crippen LogP contribution in [-0.4, -0.2) is 35.6 Å². The maximum atomic E-state index is 13.4. The van der Waals surface area contributed by atoms with E-state index in [2.05, 4.69) is 5.32 Å². The Morgan fingerprint density at radius 3 is 2.25 bits per heavy atom. The molecule has 0 aliphatic heterocycles. The lowest BCUT2D eigenvalue weighted by atomic mass is 10.0. The Morgan fingerprint density at radius 1 is 0.938 bits per heavy atom. The lowest BCUT2D eigenvalue weighted by molar-refractivity contribution is -0.139. The van der Waals surface area contributed by atoms with Gasteiger partial charge in [0.05, 0.1) is 5.75 Å². The van der Waals surface area contributed by atoms with E-state index < -0.39 is 6.04 Å². The number of rotatable bonds is 9. The summed E-state index contributed by atoms with van der Waals surface area (Å²) >= 11 is 13.7. The van der Waals surface area contributed by atoms with Crippen LogP contribution in [0.15, 0.2) is 83.8 Å². The van der Waals surface area contributed by atoms with Gasteiger partial charge in [-0.1, -0.05) is 71.7 Å². The Balaban J connectivity index is 1.87. The van der Waals surface area contributed by atoms with Gasteiger partial charge in [-0.25, -0.2) is 0 Å². The minimum Gasteiger partial charge on any atom is -0.357 e. The molecule has 1 atom stereocenters. The summed E-state index contributed by atoms with van der Waals surface area (Å²) < 4.78 is 0. The highest BCUT2D eigenvalue weighted by atomic mass is 35.5. The van der Waals surface area contributed by atoms with Crippen LogP contribution in [0.4, 0.5) is 0 Å². The molecule has 0 unspecified atom stereocenters. The Labute approximate surface area is 202 Å². The van der Waals surface area contributed by atoms with Gasteiger partial charge < -0.3 is 10.2 Å². The predicted molar refractivity (Wildman–Crippen MR) is 132 cm³/mol. The number of carbonyl (C=O) groups excluding carboxylic acids is 2. The van der Waals surface area contributed by atoms with Gasteiger partial charge in [0.2, 0.25) is 11.8 Å². The summed E-state index contributed by atoms with van der Waals surface area (Å²) in [4.78, 5) is 28.8. The molecular weight excluding hydrogens is 463 g/mol. The van der Waals surface area contributed by atoms with E-state index in [1.165, 1.54) is 11.8 Å². The van der Waals surface area contributed by atoms with E-state index in [4.69, 9.17) is 23.2 Å². The first-order valence-corrected chi connectivity index (χ1v) is 11.9. The fraction of sp³-hybridized carbons (Fsp3) is 0.200. The Bertz CT molecular complexity index is 1050. The predicted octanol–water partition coefficient (Wildman–Crippen LogP) is 5.47. The molecule has 0 bridgehead atoms. The van der Waals surface area contributed by atoms with Gasteiger partial charge >= 0.3 is 0 Å². The highest BCUT2D eigenvalue weighted by molar-refractivity contribution is 8.00. The number of amides is 2. The third kappa shape index (κ3) is 6.76. The number of carbonyl (C=O) groups is 2. The van der Waals surface area contributed by atoms with Crippen molar-refractivity contribution in [2.24, 2.45) is 0 Å². The minimum absolute atomic E-state index is 0.144. The average molecular weight is 487 g/mol. The van der Waals surface area contributed by atoms with Crippen molar-refractivity contribution in [1.82, 2.24) is 10.2 Å². The summed E-state index contributed by atoms with van der Waals surface area (Å²) in [5.41, 5.74) is 1.77. The zero-order chi connectivity index (χ0) is 22.9. The number of nitrogens with zero attached hydrogens (tertiary/aromatic N) is 1. The van der Waals surface area contributed by atoms with Crippen molar-refractivity contribution < 1.29 is 9.59 Å². The van der Waals surface area contributed by atoms with Crippen molar-refractivity contribution in [2.45, 2.75) is 23.9 Å². The zero-order valence-electron chi connectivity index (χ0n) is 17.6. The van der Waals surface area contributed by atoms with Gasteiger partial charge in [-0.05, 0) is 41.5 Å². The van der Waals surface area contributed by atoms with E-state index >= 15 is 0 Å². The summed E-state index contributed by atoms with van der Waals surface area (Å²) in [5.74, 6) is -0.172. The van der Waals surface area contributed by atoms with Gasteiger partial charge in [0, 0.05) is 35.0 Å². The van der Waals surface area contributed by atoms with Crippen molar-refractivity contribution in [2.75, 3.05) is 12.8 Å². The maximum Gasteiger partial charge on any atom is 0.242 e. The van der Waals surface area contributed by atoms with Gasteiger partial charge in [-0.3, -0.25) is 9.59 Å². The molecule has 3 aromatic rings. The van der Waals surface area contributed by atoms with Crippen molar-refractivity contribution in [3.8, 4) is 0 Å². The van der Waals surface area contributed by atoms with Crippen molar-refractivity contribution >= 4 is 46.8 Å². The van der Waals surface area contributed by atoms with Gasteiger partial charge in [-0.15, -0.1) is 11.8 Å². The molecule has 0 fully saturated rings. The van der Waals surface area contributed by atoms with Crippen LogP contribution < -0.4 is 5.32 Å². The van der Waals surface area contributed by atoms with E-state index in [1.54, 1.807) is 30.1 Å². The molecule has 0 aliphatic carbocycles. The summed E-state index contributed by atoms with van der Waals surface area (Å²) in [7, 11) is 1.58. The zero-order valence-corrected chi connectivity index (χ0v) is 20.0. The topological polar surface area (TPSA) is 49.4 Å². The number of hydrogen-bond donors (Lipinski definition) is 1. The van der Waals surface area contributed by atoms with Crippen molar-refractivity contribution in [3.63, 3.8) is 0 Å². The van der Waals surface area contributed by atoms with E-state index in [9.17, 15) is 9.59 Å². The highest BCUT2D eigenvalue weighted by Gasteiger charge is 2.30. The van der Waals surface area contributed by atoms with Gasteiger partial charge in [0.1, 0.15) is 6.04 Å². The number of likely N-dealkylation sites (N-methyl/N-ethyl adjacent to an activating group) is 1. The number of thioether (sulfide) groups is 1. The number of nitrogens with one attached hydrogen (secondary N) is 1. The second kappa shape index (κ2) is 12.0. The quantitative estimate of drug-likeness (QED) is 0.407. The van der Waals surface area contributed by atoms with Crippen molar-refractivity contribution in [1.29, 1.82) is 0 Å². The molecule has 0 saturated carbocycles. The summed E-state index contributed by atoms with van der Waals surface area (Å²) in [5, 5.41) is 3.92. The van der Waals surface area contributed by atoms with Gasteiger partial charge in [-0.2, -0.15) is 0 Å². The monoisotopic (exact) mass is 486 g/mol. The van der Waals surface area contributed by atoms with Crippen LogP contribution in [0.2, 0.25) is 10.0 Å². The Hall–Kier alpha value is -2.47. The first-order chi connectivity index (χ1) is 15.5. The summed E-state index contributed by atoms with van der Waals surface area (Å²) in [6, 6.07) is 23.7. The SMILES string of the molecule is CNC(=O)[C@H](Cc1ccccc1)N(Cc1ccccc1Cl)C(=O)CSc1ccc(Cl)cc1. The average Bonchev–Trinajstić information content (AvgIpc) is 2.82. The summed E-state index contributed by atoms with van der Waals surface area (Å²) in [6.07, 6.45) is 0.405. The molecule has 166 valence electrons. The molecule has 2 amide bonds. The maximum absolute atomic E-state index is 13.4. The second-order valence-corrected chi connectivity index (χ2v) is 9.07. The third-order valence-electron chi connectivity index (χ3n) is 4.99. The fourth-order valence-electron chi connectivity index (χ4n) is 3.29. The molecule has 0 spiro atoms. The molecule has 0 heterocycles.